The molecule has 5 nitrogen and oxygen atoms in total. The van der Waals surface area contributed by atoms with Crippen LogP contribution in [0.1, 0.15) is 39.6 Å². The smallest absolute Gasteiger partial charge is 0.251 e. The van der Waals surface area contributed by atoms with Crippen LogP contribution >= 0.6 is 0 Å². The van der Waals surface area contributed by atoms with Crippen LogP contribution in [0.2, 0.25) is 0 Å². The summed E-state index contributed by atoms with van der Waals surface area (Å²) in [5.41, 5.74) is 5.14. The highest BCUT2D eigenvalue weighted by atomic mass is 16.1. The van der Waals surface area contributed by atoms with Gasteiger partial charge < -0.3 is 10.2 Å². The fourth-order valence-corrected chi connectivity index (χ4v) is 4.11. The summed E-state index contributed by atoms with van der Waals surface area (Å²) in [6.07, 6.45) is 1.19. The molecule has 0 aliphatic carbocycles. The lowest BCUT2D eigenvalue weighted by Gasteiger charge is -2.16. The third-order valence-electron chi connectivity index (χ3n) is 5.64. The lowest BCUT2D eigenvalue weighted by molar-refractivity contribution is 0.0949. The topological polar surface area (TPSA) is 50.2 Å². The Bertz CT molecular complexity index is 962. The highest BCUT2D eigenvalue weighted by Gasteiger charge is 2.23. The lowest BCUT2D eigenvalue weighted by atomic mass is 9.99. The zero-order chi connectivity index (χ0) is 20.2. The lowest BCUT2D eigenvalue weighted by Crippen LogP contribution is -2.33. The minimum Gasteiger partial charge on any atom is -0.351 e. The maximum atomic E-state index is 12.5. The number of hydrogen-bond donors (Lipinski definition) is 1. The first-order valence-electron chi connectivity index (χ1n) is 10.3. The molecule has 5 heteroatoms. The van der Waals surface area contributed by atoms with Crippen LogP contribution in [-0.4, -0.2) is 46.8 Å². The predicted molar refractivity (Wildman–Crippen MR) is 116 cm³/mol. The van der Waals surface area contributed by atoms with Gasteiger partial charge in [0.25, 0.3) is 5.91 Å². The number of benzene rings is 2. The van der Waals surface area contributed by atoms with E-state index < -0.39 is 0 Å². The summed E-state index contributed by atoms with van der Waals surface area (Å²) in [4.78, 5) is 14.9. The van der Waals surface area contributed by atoms with Crippen LogP contribution in [-0.2, 0) is 0 Å². The van der Waals surface area contributed by atoms with Gasteiger partial charge in [-0.2, -0.15) is 5.10 Å². The zero-order valence-electron chi connectivity index (χ0n) is 17.1. The zero-order valence-corrected chi connectivity index (χ0v) is 17.1. The molecule has 1 fully saturated rings. The molecule has 1 aromatic heterocycles. The largest absolute Gasteiger partial charge is 0.351 e. The molecule has 1 saturated heterocycles. The number of amides is 1. The molecule has 0 unspecified atom stereocenters. The minimum atomic E-state index is -0.0243. The summed E-state index contributed by atoms with van der Waals surface area (Å²) < 4.78 is 1.90. The molecule has 2 heterocycles. The molecule has 0 spiro atoms. The van der Waals surface area contributed by atoms with Crippen molar-refractivity contribution in [3.63, 3.8) is 0 Å². The molecule has 29 heavy (non-hydrogen) atoms. The molecular formula is C24H28N4O. The van der Waals surface area contributed by atoms with E-state index in [9.17, 15) is 4.79 Å². The average Bonchev–Trinajstić information content (AvgIpc) is 3.35. The van der Waals surface area contributed by atoms with Crippen LogP contribution < -0.4 is 5.32 Å². The summed E-state index contributed by atoms with van der Waals surface area (Å²) in [5.74, 6) is 0.581. The Balaban J connectivity index is 1.26. The second-order valence-corrected chi connectivity index (χ2v) is 7.84. The van der Waals surface area contributed by atoms with Crippen molar-refractivity contribution in [3.8, 4) is 5.69 Å². The molecule has 2 aromatic carbocycles. The number of likely N-dealkylation sites (tertiary alicyclic amines) is 1. The Kier molecular flexibility index (Phi) is 5.76. The first-order valence-corrected chi connectivity index (χ1v) is 10.3. The quantitative estimate of drug-likeness (QED) is 0.700. The van der Waals surface area contributed by atoms with Crippen LogP contribution in [0, 0.1) is 13.8 Å². The fraction of sp³-hybridized carbons (Fsp3) is 0.333. The normalized spacial score (nSPS) is 16.8. The van der Waals surface area contributed by atoms with Crippen molar-refractivity contribution < 1.29 is 4.79 Å². The third kappa shape index (κ3) is 4.57. The van der Waals surface area contributed by atoms with E-state index in [4.69, 9.17) is 0 Å². The van der Waals surface area contributed by atoms with Crippen molar-refractivity contribution in [3.05, 3.63) is 83.2 Å². The molecule has 4 rings (SSSR count). The number of nitrogens with one attached hydrogen (secondary N) is 1. The van der Waals surface area contributed by atoms with Crippen molar-refractivity contribution >= 4 is 5.91 Å². The van der Waals surface area contributed by atoms with Crippen LogP contribution in [0.3, 0.4) is 0 Å². The highest BCUT2D eigenvalue weighted by Crippen LogP contribution is 2.26. The van der Waals surface area contributed by atoms with Crippen LogP contribution in [0.4, 0.5) is 0 Å². The van der Waals surface area contributed by atoms with Crippen LogP contribution in [0.15, 0.2) is 60.7 Å². The summed E-state index contributed by atoms with van der Waals surface area (Å²) in [6, 6.07) is 20.4. The van der Waals surface area contributed by atoms with E-state index in [1.54, 1.807) is 0 Å². The summed E-state index contributed by atoms with van der Waals surface area (Å²) in [7, 11) is 0. The number of aryl methyl sites for hydroxylation is 2. The minimum absolute atomic E-state index is 0.0243. The Hall–Kier alpha value is -2.92. The van der Waals surface area contributed by atoms with Gasteiger partial charge in [0.2, 0.25) is 0 Å². The highest BCUT2D eigenvalue weighted by molar-refractivity contribution is 5.94. The summed E-state index contributed by atoms with van der Waals surface area (Å²) in [5, 5.41) is 7.54. The molecule has 1 atom stereocenters. The molecule has 1 N–H and O–H groups in total. The summed E-state index contributed by atoms with van der Waals surface area (Å²) in [6.45, 7) is 7.72. The molecular weight excluding hydrogens is 360 g/mol. The van der Waals surface area contributed by atoms with Gasteiger partial charge in [-0.3, -0.25) is 4.79 Å². The van der Waals surface area contributed by atoms with E-state index in [1.807, 2.05) is 48.9 Å². The average molecular weight is 389 g/mol. The van der Waals surface area contributed by atoms with Gasteiger partial charge in [0, 0.05) is 30.9 Å². The number of rotatable bonds is 6. The van der Waals surface area contributed by atoms with Gasteiger partial charge in [0.15, 0.2) is 0 Å². The number of carbonyl (C=O) groups excluding carboxylic acids is 1. The monoisotopic (exact) mass is 388 g/mol. The van der Waals surface area contributed by atoms with Crippen molar-refractivity contribution in [2.45, 2.75) is 26.2 Å². The molecule has 0 saturated carbocycles. The van der Waals surface area contributed by atoms with Gasteiger partial charge in [-0.15, -0.1) is 0 Å². The Morgan fingerprint density at radius 3 is 2.55 bits per heavy atom. The number of aromatic nitrogens is 2. The van der Waals surface area contributed by atoms with Gasteiger partial charge in [-0.05, 0) is 68.6 Å². The maximum Gasteiger partial charge on any atom is 0.251 e. The Labute approximate surface area is 172 Å². The van der Waals surface area contributed by atoms with Crippen molar-refractivity contribution in [1.29, 1.82) is 0 Å². The van der Waals surface area contributed by atoms with E-state index in [0.717, 1.165) is 36.7 Å². The standard InChI is InChI=1S/C24H28N4O/c1-18-16-19(2)28(26-18)23-10-8-21(9-11-23)24(29)25-13-15-27-14-12-22(17-27)20-6-4-3-5-7-20/h3-11,16,22H,12-15,17H2,1-2H3,(H,25,29)/t22-/m1/s1. The fourth-order valence-electron chi connectivity index (χ4n) is 4.11. The molecule has 0 radical (unpaired) electrons. The second kappa shape index (κ2) is 8.62. The van der Waals surface area contributed by atoms with Gasteiger partial charge >= 0.3 is 0 Å². The Morgan fingerprint density at radius 2 is 1.86 bits per heavy atom. The SMILES string of the molecule is Cc1cc(C)n(-c2ccc(C(=O)NCCN3CC[C@@H](c4ccccc4)C3)cc2)n1. The van der Waals surface area contributed by atoms with E-state index in [-0.39, 0.29) is 5.91 Å². The molecule has 3 aromatic rings. The van der Waals surface area contributed by atoms with Gasteiger partial charge in [-0.1, -0.05) is 30.3 Å². The van der Waals surface area contributed by atoms with E-state index in [1.165, 1.54) is 12.0 Å². The predicted octanol–water partition coefficient (Wildman–Crippen LogP) is 3.71. The molecule has 1 amide bonds. The van der Waals surface area contributed by atoms with E-state index in [0.29, 0.717) is 18.0 Å². The van der Waals surface area contributed by atoms with Gasteiger partial charge in [-0.25, -0.2) is 4.68 Å². The van der Waals surface area contributed by atoms with Crippen LogP contribution in [0.25, 0.3) is 5.69 Å². The van der Waals surface area contributed by atoms with Crippen LogP contribution in [0.5, 0.6) is 0 Å². The Morgan fingerprint density at radius 1 is 1.10 bits per heavy atom. The summed E-state index contributed by atoms with van der Waals surface area (Å²) >= 11 is 0. The van der Waals surface area contributed by atoms with E-state index >= 15 is 0 Å². The molecule has 150 valence electrons. The number of nitrogens with zero attached hydrogens (tertiary/aromatic N) is 3. The first kappa shape index (κ1) is 19.4. The molecule has 0 bridgehead atoms. The van der Waals surface area contributed by atoms with Crippen molar-refractivity contribution in [2.75, 3.05) is 26.2 Å². The van der Waals surface area contributed by atoms with Crippen molar-refractivity contribution in [1.82, 2.24) is 20.0 Å². The third-order valence-corrected chi connectivity index (χ3v) is 5.64. The second-order valence-electron chi connectivity index (χ2n) is 7.84. The number of hydrogen-bond acceptors (Lipinski definition) is 3. The first-order chi connectivity index (χ1) is 14.1. The molecule has 1 aliphatic rings. The number of carbonyl (C=O) groups is 1. The van der Waals surface area contributed by atoms with Gasteiger partial charge in [0.1, 0.15) is 0 Å². The maximum absolute atomic E-state index is 12.5. The van der Waals surface area contributed by atoms with Gasteiger partial charge in [0.05, 0.1) is 11.4 Å². The van der Waals surface area contributed by atoms with Crippen molar-refractivity contribution in [2.24, 2.45) is 0 Å². The molecule has 1 aliphatic heterocycles. The van der Waals surface area contributed by atoms with E-state index in [2.05, 4.69) is 45.6 Å².